The molecule has 31 heavy (non-hydrogen) atoms. The third kappa shape index (κ3) is 5.32. The lowest BCUT2D eigenvalue weighted by Gasteiger charge is -2.31. The summed E-state index contributed by atoms with van der Waals surface area (Å²) >= 11 is 5.94. The van der Waals surface area contributed by atoms with Gasteiger partial charge in [-0.25, -0.2) is 0 Å². The van der Waals surface area contributed by atoms with Crippen LogP contribution < -0.4 is 5.32 Å². The van der Waals surface area contributed by atoms with Gasteiger partial charge in [-0.15, -0.1) is 0 Å². The number of carbonyl (C=O) groups excluding carboxylic acids is 1. The molecule has 162 valence electrons. The minimum Gasteiger partial charge on any atom is -0.349 e. The molecule has 0 spiro atoms. The Morgan fingerprint density at radius 2 is 2.03 bits per heavy atom. The van der Waals surface area contributed by atoms with E-state index in [1.54, 1.807) is 12.1 Å². The summed E-state index contributed by atoms with van der Waals surface area (Å²) in [5.41, 5.74) is 3.21. The molecule has 0 aliphatic carbocycles. The smallest absolute Gasteiger partial charge is 0.241 e. The number of nitrogens with one attached hydrogen (secondary N) is 1. The first-order valence-corrected chi connectivity index (χ1v) is 11.0. The molecule has 7 heteroatoms. The van der Waals surface area contributed by atoms with Gasteiger partial charge in [0.05, 0.1) is 18.5 Å². The number of benzene rings is 2. The van der Waals surface area contributed by atoms with Crippen molar-refractivity contribution in [2.24, 2.45) is 5.92 Å². The Kier molecular flexibility index (Phi) is 6.68. The molecule has 1 aromatic heterocycles. The Balaban J connectivity index is 1.35. The van der Waals surface area contributed by atoms with Gasteiger partial charge in [0.2, 0.25) is 17.6 Å². The van der Waals surface area contributed by atoms with Gasteiger partial charge in [-0.05, 0) is 68.6 Å². The summed E-state index contributed by atoms with van der Waals surface area (Å²) in [6, 6.07) is 15.5. The average Bonchev–Trinajstić information content (AvgIpc) is 3.23. The number of nitrogens with zero attached hydrogens (tertiary/aromatic N) is 3. The Hall–Kier alpha value is -2.70. The normalized spacial score (nSPS) is 18.0. The van der Waals surface area contributed by atoms with Crippen LogP contribution in [-0.4, -0.2) is 34.0 Å². The van der Waals surface area contributed by atoms with Crippen LogP contribution in [0.15, 0.2) is 53.1 Å². The van der Waals surface area contributed by atoms with Gasteiger partial charge in [-0.1, -0.05) is 41.0 Å². The molecule has 4 rings (SSSR count). The second kappa shape index (κ2) is 9.62. The van der Waals surface area contributed by atoms with Crippen LogP contribution in [0.5, 0.6) is 0 Å². The lowest BCUT2D eigenvalue weighted by molar-refractivity contribution is -0.127. The number of halogens is 1. The van der Waals surface area contributed by atoms with Gasteiger partial charge in [-0.3, -0.25) is 9.69 Å². The fourth-order valence-electron chi connectivity index (χ4n) is 4.12. The average molecular weight is 439 g/mol. The van der Waals surface area contributed by atoms with Crippen molar-refractivity contribution in [2.45, 2.75) is 39.3 Å². The highest BCUT2D eigenvalue weighted by atomic mass is 35.5. The number of hydrogen-bond donors (Lipinski definition) is 1. The standard InChI is InChI=1S/C24H27ClN4O2/c1-16-6-3-4-8-21(16)17(2)26-24(30)19-7-5-13-29(14-19)15-22-27-23(28-31-22)18-9-11-20(25)12-10-18/h3-4,6,8-12,17,19H,5,7,13-15H2,1-2H3,(H,26,30). The molecule has 2 atom stereocenters. The van der Waals surface area contributed by atoms with Crippen LogP contribution in [0.1, 0.15) is 42.8 Å². The van der Waals surface area contributed by atoms with Gasteiger partial charge in [0.15, 0.2) is 0 Å². The van der Waals surface area contributed by atoms with E-state index in [-0.39, 0.29) is 17.9 Å². The van der Waals surface area contributed by atoms with Crippen molar-refractivity contribution in [3.63, 3.8) is 0 Å². The zero-order chi connectivity index (χ0) is 21.8. The minimum atomic E-state index is -0.0427. The maximum absolute atomic E-state index is 12.9. The van der Waals surface area contributed by atoms with E-state index in [2.05, 4.69) is 39.4 Å². The van der Waals surface area contributed by atoms with E-state index in [4.69, 9.17) is 16.1 Å². The number of likely N-dealkylation sites (tertiary alicyclic amines) is 1. The van der Waals surface area contributed by atoms with Crippen molar-refractivity contribution in [1.82, 2.24) is 20.4 Å². The number of amides is 1. The molecule has 1 fully saturated rings. The van der Waals surface area contributed by atoms with Crippen LogP contribution in [0.3, 0.4) is 0 Å². The zero-order valence-corrected chi connectivity index (χ0v) is 18.6. The zero-order valence-electron chi connectivity index (χ0n) is 17.8. The number of carbonyl (C=O) groups is 1. The summed E-state index contributed by atoms with van der Waals surface area (Å²) in [4.78, 5) is 19.6. The summed E-state index contributed by atoms with van der Waals surface area (Å²) in [6.07, 6.45) is 1.86. The highest BCUT2D eigenvalue weighted by Crippen LogP contribution is 2.23. The van der Waals surface area contributed by atoms with E-state index in [0.29, 0.717) is 29.8 Å². The molecule has 2 aromatic carbocycles. The molecule has 0 saturated carbocycles. The highest BCUT2D eigenvalue weighted by molar-refractivity contribution is 6.30. The maximum Gasteiger partial charge on any atom is 0.241 e. The SMILES string of the molecule is Cc1ccccc1C(C)NC(=O)C1CCCN(Cc2nc(-c3ccc(Cl)cc3)no2)C1. The molecule has 3 aromatic rings. The fraction of sp³-hybridized carbons (Fsp3) is 0.375. The van der Waals surface area contributed by atoms with Crippen LogP contribution in [0, 0.1) is 12.8 Å². The lowest BCUT2D eigenvalue weighted by atomic mass is 9.95. The Labute approximate surface area is 187 Å². The summed E-state index contributed by atoms with van der Waals surface area (Å²) in [5.74, 6) is 1.16. The Morgan fingerprint density at radius 3 is 2.81 bits per heavy atom. The first kappa shape index (κ1) is 21.5. The second-order valence-corrected chi connectivity index (χ2v) is 8.62. The third-order valence-electron chi connectivity index (χ3n) is 5.82. The summed E-state index contributed by atoms with van der Waals surface area (Å²) in [7, 11) is 0. The Bertz CT molecular complexity index is 1030. The van der Waals surface area contributed by atoms with Gasteiger partial charge in [0.1, 0.15) is 0 Å². The van der Waals surface area contributed by atoms with E-state index >= 15 is 0 Å². The predicted molar refractivity (Wildman–Crippen MR) is 120 cm³/mol. The predicted octanol–water partition coefficient (Wildman–Crippen LogP) is 4.79. The van der Waals surface area contributed by atoms with Gasteiger partial charge >= 0.3 is 0 Å². The quantitative estimate of drug-likeness (QED) is 0.599. The highest BCUT2D eigenvalue weighted by Gasteiger charge is 2.28. The molecule has 6 nitrogen and oxygen atoms in total. The minimum absolute atomic E-state index is 0.0121. The van der Waals surface area contributed by atoms with Gasteiger partial charge in [-0.2, -0.15) is 4.98 Å². The first-order valence-electron chi connectivity index (χ1n) is 10.7. The Morgan fingerprint density at radius 1 is 1.26 bits per heavy atom. The van der Waals surface area contributed by atoms with Crippen molar-refractivity contribution in [3.05, 3.63) is 70.6 Å². The topological polar surface area (TPSA) is 71.3 Å². The van der Waals surface area contributed by atoms with E-state index in [1.807, 2.05) is 31.2 Å². The van der Waals surface area contributed by atoms with E-state index in [1.165, 1.54) is 5.56 Å². The molecule has 1 saturated heterocycles. The van der Waals surface area contributed by atoms with Gasteiger partial charge < -0.3 is 9.84 Å². The molecule has 0 radical (unpaired) electrons. The van der Waals surface area contributed by atoms with Crippen molar-refractivity contribution < 1.29 is 9.32 Å². The lowest BCUT2D eigenvalue weighted by Crippen LogP contribution is -2.43. The van der Waals surface area contributed by atoms with Crippen molar-refractivity contribution in [1.29, 1.82) is 0 Å². The van der Waals surface area contributed by atoms with Crippen LogP contribution in [0.25, 0.3) is 11.4 Å². The molecule has 1 N–H and O–H groups in total. The number of piperidine rings is 1. The molecule has 1 aliphatic heterocycles. The van der Waals surface area contributed by atoms with Gasteiger partial charge in [0.25, 0.3) is 0 Å². The fourth-order valence-corrected chi connectivity index (χ4v) is 4.25. The van der Waals surface area contributed by atoms with E-state index < -0.39 is 0 Å². The molecular weight excluding hydrogens is 412 g/mol. The van der Waals surface area contributed by atoms with Crippen molar-refractivity contribution in [3.8, 4) is 11.4 Å². The molecule has 1 aliphatic rings. The molecule has 2 unspecified atom stereocenters. The largest absolute Gasteiger partial charge is 0.349 e. The summed E-state index contributed by atoms with van der Waals surface area (Å²) in [5, 5.41) is 7.94. The maximum atomic E-state index is 12.9. The van der Waals surface area contributed by atoms with Crippen molar-refractivity contribution in [2.75, 3.05) is 13.1 Å². The number of rotatable bonds is 6. The van der Waals surface area contributed by atoms with Crippen LogP contribution in [0.4, 0.5) is 0 Å². The summed E-state index contributed by atoms with van der Waals surface area (Å²) in [6.45, 7) is 6.25. The number of hydrogen-bond acceptors (Lipinski definition) is 5. The van der Waals surface area contributed by atoms with E-state index in [0.717, 1.165) is 30.5 Å². The third-order valence-corrected chi connectivity index (χ3v) is 6.07. The molecule has 1 amide bonds. The van der Waals surface area contributed by atoms with Crippen LogP contribution >= 0.6 is 11.6 Å². The van der Waals surface area contributed by atoms with E-state index in [9.17, 15) is 4.79 Å². The number of aromatic nitrogens is 2. The molecule has 0 bridgehead atoms. The van der Waals surface area contributed by atoms with Crippen molar-refractivity contribution >= 4 is 17.5 Å². The van der Waals surface area contributed by atoms with Crippen LogP contribution in [-0.2, 0) is 11.3 Å². The molecular formula is C24H27ClN4O2. The van der Waals surface area contributed by atoms with Crippen LogP contribution in [0.2, 0.25) is 5.02 Å². The monoisotopic (exact) mass is 438 g/mol. The molecule has 2 heterocycles. The summed E-state index contributed by atoms with van der Waals surface area (Å²) < 4.78 is 5.45. The second-order valence-electron chi connectivity index (χ2n) is 8.18. The first-order chi connectivity index (χ1) is 15.0. The van der Waals surface area contributed by atoms with Gasteiger partial charge in [0, 0.05) is 17.1 Å². The number of aryl methyl sites for hydroxylation is 1.